The van der Waals surface area contributed by atoms with Crippen molar-refractivity contribution in [2.45, 2.75) is 46.2 Å². The summed E-state index contributed by atoms with van der Waals surface area (Å²) in [5, 5.41) is 8.14. The van der Waals surface area contributed by atoms with Crippen molar-refractivity contribution < 1.29 is 4.74 Å². The van der Waals surface area contributed by atoms with E-state index in [1.807, 2.05) is 17.5 Å². The Hall–Kier alpha value is -1.33. The highest BCUT2D eigenvalue weighted by molar-refractivity contribution is 7.12. The molecule has 0 radical (unpaired) electrons. The summed E-state index contributed by atoms with van der Waals surface area (Å²) in [6, 6.07) is 4.52. The second kappa shape index (κ2) is 7.61. The smallest absolute Gasteiger partial charge is 0.161 e. The van der Waals surface area contributed by atoms with Gasteiger partial charge in [-0.1, -0.05) is 13.8 Å². The summed E-state index contributed by atoms with van der Waals surface area (Å²) < 4.78 is 7.61. The normalized spacial score (nSPS) is 12.6. The fraction of sp³-hybridized carbons (Fsp3) is 0.562. The van der Waals surface area contributed by atoms with Crippen LogP contribution in [0.1, 0.15) is 48.2 Å². The molecule has 0 fully saturated rings. The highest BCUT2D eigenvalue weighted by Crippen LogP contribution is 2.33. The lowest BCUT2D eigenvalue weighted by Gasteiger charge is -2.20. The monoisotopic (exact) mass is 307 g/mol. The van der Waals surface area contributed by atoms with E-state index in [-0.39, 0.29) is 6.04 Å². The first-order chi connectivity index (χ1) is 10.2. The average Bonchev–Trinajstić information content (AvgIpc) is 3.07. The van der Waals surface area contributed by atoms with Gasteiger partial charge in [-0.3, -0.25) is 4.68 Å². The number of ether oxygens (including phenoxy) is 1. The molecule has 0 saturated heterocycles. The number of nitrogens with zero attached hydrogens (tertiary/aromatic N) is 2. The first kappa shape index (κ1) is 16.0. The van der Waals surface area contributed by atoms with Crippen LogP contribution in [0.4, 0.5) is 0 Å². The second-order valence-electron chi connectivity index (χ2n) is 5.16. The quantitative estimate of drug-likeness (QED) is 0.807. The summed E-state index contributed by atoms with van der Waals surface area (Å²) in [5.41, 5.74) is 1.13. The van der Waals surface area contributed by atoms with E-state index in [1.54, 1.807) is 7.11 Å². The fourth-order valence-corrected chi connectivity index (χ4v) is 3.40. The van der Waals surface area contributed by atoms with Gasteiger partial charge < -0.3 is 10.1 Å². The molecule has 0 saturated carbocycles. The van der Waals surface area contributed by atoms with Gasteiger partial charge in [-0.15, -0.1) is 11.3 Å². The molecule has 2 aromatic heterocycles. The van der Waals surface area contributed by atoms with Crippen molar-refractivity contribution >= 4 is 11.3 Å². The summed E-state index contributed by atoms with van der Waals surface area (Å²) in [6.07, 6.45) is 3.99. The minimum Gasteiger partial charge on any atom is -0.493 e. The van der Waals surface area contributed by atoms with E-state index in [0.29, 0.717) is 0 Å². The highest BCUT2D eigenvalue weighted by Gasteiger charge is 2.24. The molecule has 4 nitrogen and oxygen atoms in total. The molecule has 2 aromatic rings. The predicted octanol–water partition coefficient (Wildman–Crippen LogP) is 3.76. The van der Waals surface area contributed by atoms with E-state index in [9.17, 15) is 0 Å². The molecule has 5 heteroatoms. The molecule has 0 spiro atoms. The van der Waals surface area contributed by atoms with E-state index < -0.39 is 0 Å². The lowest BCUT2D eigenvalue weighted by atomic mass is 10.1. The van der Waals surface area contributed by atoms with Gasteiger partial charge in [0.2, 0.25) is 0 Å². The highest BCUT2D eigenvalue weighted by atomic mass is 32.1. The summed E-state index contributed by atoms with van der Waals surface area (Å²) >= 11 is 1.83. The Labute approximate surface area is 131 Å². The summed E-state index contributed by atoms with van der Waals surface area (Å²) in [6.45, 7) is 8.38. The van der Waals surface area contributed by atoms with E-state index in [0.717, 1.165) is 37.4 Å². The number of thiophene rings is 1. The van der Waals surface area contributed by atoms with Gasteiger partial charge in [-0.05, 0) is 38.4 Å². The molecule has 0 aliphatic heterocycles. The molecule has 1 unspecified atom stereocenters. The molecular formula is C16H25N3OS. The summed E-state index contributed by atoms with van der Waals surface area (Å²) in [5.74, 6) is 0.864. The summed E-state index contributed by atoms with van der Waals surface area (Å²) in [7, 11) is 1.72. The average molecular weight is 307 g/mol. The Morgan fingerprint density at radius 2 is 2.14 bits per heavy atom. The molecule has 0 aromatic carbocycles. The minimum atomic E-state index is 0.146. The van der Waals surface area contributed by atoms with Gasteiger partial charge in [0.25, 0.3) is 0 Å². The number of aryl methyl sites for hydroxylation is 2. The second-order valence-corrected chi connectivity index (χ2v) is 6.48. The minimum absolute atomic E-state index is 0.146. The molecule has 1 N–H and O–H groups in total. The number of aromatic nitrogens is 2. The van der Waals surface area contributed by atoms with Crippen molar-refractivity contribution in [2.24, 2.45) is 0 Å². The molecule has 1 atom stereocenters. The lowest BCUT2D eigenvalue weighted by molar-refractivity contribution is 0.398. The molecule has 0 amide bonds. The van der Waals surface area contributed by atoms with Gasteiger partial charge in [0.1, 0.15) is 5.69 Å². The van der Waals surface area contributed by atoms with Crippen LogP contribution in [-0.4, -0.2) is 23.4 Å². The number of nitrogens with one attached hydrogen (secondary N) is 1. The third kappa shape index (κ3) is 3.66. The maximum absolute atomic E-state index is 5.54. The van der Waals surface area contributed by atoms with Gasteiger partial charge in [0, 0.05) is 16.3 Å². The van der Waals surface area contributed by atoms with Crippen molar-refractivity contribution in [3.63, 3.8) is 0 Å². The third-order valence-corrected chi connectivity index (χ3v) is 4.48. The Morgan fingerprint density at radius 3 is 2.71 bits per heavy atom. The first-order valence-electron chi connectivity index (χ1n) is 7.60. The third-order valence-electron chi connectivity index (χ3n) is 3.42. The zero-order chi connectivity index (χ0) is 15.2. The van der Waals surface area contributed by atoms with Crippen LogP contribution >= 0.6 is 11.3 Å². The molecule has 0 bridgehead atoms. The van der Waals surface area contributed by atoms with Gasteiger partial charge in [0.05, 0.1) is 19.3 Å². The van der Waals surface area contributed by atoms with Crippen molar-refractivity contribution in [1.82, 2.24) is 15.1 Å². The SMILES string of the molecule is CCCNC(c1ccc(C)s1)c1c(OC)cnn1CCC. The molecule has 0 aliphatic rings. The zero-order valence-corrected chi connectivity index (χ0v) is 14.2. The van der Waals surface area contributed by atoms with E-state index >= 15 is 0 Å². The number of hydrogen-bond acceptors (Lipinski definition) is 4. The van der Waals surface area contributed by atoms with E-state index in [2.05, 4.69) is 48.0 Å². The number of hydrogen-bond donors (Lipinski definition) is 1. The van der Waals surface area contributed by atoms with Crippen LogP contribution in [0.5, 0.6) is 5.75 Å². The van der Waals surface area contributed by atoms with Crippen molar-refractivity contribution in [2.75, 3.05) is 13.7 Å². The predicted molar refractivity (Wildman–Crippen MR) is 88.3 cm³/mol. The maximum Gasteiger partial charge on any atom is 0.161 e. The topological polar surface area (TPSA) is 39.1 Å². The number of rotatable bonds is 8. The summed E-state index contributed by atoms with van der Waals surface area (Å²) in [4.78, 5) is 2.64. The Morgan fingerprint density at radius 1 is 1.33 bits per heavy atom. The van der Waals surface area contributed by atoms with Crippen LogP contribution in [0.15, 0.2) is 18.3 Å². The van der Waals surface area contributed by atoms with Crippen LogP contribution in [-0.2, 0) is 6.54 Å². The van der Waals surface area contributed by atoms with Crippen LogP contribution < -0.4 is 10.1 Å². The van der Waals surface area contributed by atoms with Gasteiger partial charge in [-0.2, -0.15) is 5.10 Å². The van der Waals surface area contributed by atoms with Crippen LogP contribution in [0.25, 0.3) is 0 Å². The zero-order valence-electron chi connectivity index (χ0n) is 13.3. The molecule has 2 rings (SSSR count). The van der Waals surface area contributed by atoms with Gasteiger partial charge in [-0.25, -0.2) is 0 Å². The maximum atomic E-state index is 5.54. The van der Waals surface area contributed by atoms with E-state index in [1.165, 1.54) is 9.75 Å². The van der Waals surface area contributed by atoms with Crippen LogP contribution in [0.2, 0.25) is 0 Å². The molecule has 116 valence electrons. The Bertz CT molecular complexity index is 562. The van der Waals surface area contributed by atoms with E-state index in [4.69, 9.17) is 4.74 Å². The Balaban J connectivity index is 2.42. The molecule has 2 heterocycles. The van der Waals surface area contributed by atoms with Gasteiger partial charge >= 0.3 is 0 Å². The fourth-order valence-electron chi connectivity index (χ4n) is 2.45. The molecule has 21 heavy (non-hydrogen) atoms. The van der Waals surface area contributed by atoms with Crippen LogP contribution in [0.3, 0.4) is 0 Å². The van der Waals surface area contributed by atoms with Crippen molar-refractivity contribution in [3.05, 3.63) is 33.8 Å². The lowest BCUT2D eigenvalue weighted by Crippen LogP contribution is -2.25. The Kier molecular flexibility index (Phi) is 5.82. The van der Waals surface area contributed by atoms with Gasteiger partial charge in [0.15, 0.2) is 5.75 Å². The first-order valence-corrected chi connectivity index (χ1v) is 8.42. The standard InChI is InChI=1S/C16H25N3OS/c1-5-9-17-15(14-8-7-12(3)21-14)16-13(20-4)11-18-19(16)10-6-2/h7-8,11,15,17H,5-6,9-10H2,1-4H3. The molecule has 0 aliphatic carbocycles. The number of methoxy groups -OCH3 is 1. The largest absolute Gasteiger partial charge is 0.493 e. The van der Waals surface area contributed by atoms with Crippen molar-refractivity contribution in [1.29, 1.82) is 0 Å². The van der Waals surface area contributed by atoms with Crippen LogP contribution in [0, 0.1) is 6.92 Å². The molecular weight excluding hydrogens is 282 g/mol. The van der Waals surface area contributed by atoms with Crippen molar-refractivity contribution in [3.8, 4) is 5.75 Å².